The Kier molecular flexibility index (Phi) is 5.20. The minimum atomic E-state index is -4.43. The van der Waals surface area contributed by atoms with Gasteiger partial charge in [-0.15, -0.1) is 0 Å². The average molecular weight is 328 g/mol. The van der Waals surface area contributed by atoms with E-state index in [2.05, 4.69) is 10.3 Å². The first-order valence-electron chi connectivity index (χ1n) is 6.89. The van der Waals surface area contributed by atoms with E-state index in [1.54, 1.807) is 0 Å². The Bertz CT molecular complexity index is 656. The number of benzene rings is 1. The summed E-state index contributed by atoms with van der Waals surface area (Å²) in [6.45, 7) is -0.286. The molecule has 0 aliphatic heterocycles. The van der Waals surface area contributed by atoms with E-state index in [0.717, 1.165) is 0 Å². The highest BCUT2D eigenvalue weighted by Crippen LogP contribution is 2.36. The van der Waals surface area contributed by atoms with Gasteiger partial charge in [0, 0.05) is 12.1 Å². The summed E-state index contributed by atoms with van der Waals surface area (Å²) < 4.78 is 57.8. The summed E-state index contributed by atoms with van der Waals surface area (Å²) in [5, 5.41) is 2.53. The molecule has 7 heteroatoms. The lowest BCUT2D eigenvalue weighted by Gasteiger charge is -2.20. The Morgan fingerprint density at radius 3 is 2.30 bits per heavy atom. The fourth-order valence-electron chi connectivity index (χ4n) is 2.23. The van der Waals surface area contributed by atoms with Crippen LogP contribution in [0.4, 0.5) is 17.6 Å². The molecule has 1 aromatic heterocycles. The zero-order valence-corrected chi connectivity index (χ0v) is 12.6. The lowest BCUT2D eigenvalue weighted by atomic mass is 10.0. The van der Waals surface area contributed by atoms with Gasteiger partial charge in [-0.3, -0.25) is 0 Å². The maximum Gasteiger partial charge on any atom is 0.398 e. The van der Waals surface area contributed by atoms with Crippen LogP contribution in [0.1, 0.15) is 11.6 Å². The van der Waals surface area contributed by atoms with Crippen molar-refractivity contribution in [2.75, 3.05) is 20.7 Å². The predicted molar refractivity (Wildman–Crippen MR) is 78.9 cm³/mol. The highest BCUT2D eigenvalue weighted by atomic mass is 19.4. The second-order valence-corrected chi connectivity index (χ2v) is 4.95. The lowest BCUT2D eigenvalue weighted by molar-refractivity contribution is -0.150. The number of hydrogen-bond acceptors (Lipinski definition) is 3. The summed E-state index contributed by atoms with van der Waals surface area (Å²) in [4.78, 5) is 4.12. The number of nitrogens with zero attached hydrogens (tertiary/aromatic N) is 1. The molecule has 0 saturated heterocycles. The second kappa shape index (κ2) is 6.95. The fourth-order valence-corrected chi connectivity index (χ4v) is 2.23. The first-order valence-corrected chi connectivity index (χ1v) is 6.89. The van der Waals surface area contributed by atoms with E-state index in [1.165, 1.54) is 50.6 Å². The van der Waals surface area contributed by atoms with Gasteiger partial charge in [0.05, 0.1) is 12.8 Å². The number of ether oxygens (including phenoxy) is 1. The number of aromatic nitrogens is 1. The molecule has 1 heterocycles. The monoisotopic (exact) mass is 328 g/mol. The van der Waals surface area contributed by atoms with Crippen molar-refractivity contribution in [2.24, 2.45) is 0 Å². The molecule has 0 fully saturated rings. The van der Waals surface area contributed by atoms with Crippen LogP contribution in [0.15, 0.2) is 36.4 Å². The molecule has 1 aromatic carbocycles. The van der Waals surface area contributed by atoms with Gasteiger partial charge in [0.2, 0.25) is 0 Å². The third kappa shape index (κ3) is 3.98. The van der Waals surface area contributed by atoms with E-state index < -0.39 is 17.9 Å². The van der Waals surface area contributed by atoms with Crippen LogP contribution in [0.2, 0.25) is 0 Å². The van der Waals surface area contributed by atoms with Crippen molar-refractivity contribution in [2.45, 2.75) is 12.1 Å². The summed E-state index contributed by atoms with van der Waals surface area (Å²) in [6, 6.07) is 8.07. The molecule has 124 valence electrons. The molecule has 2 rings (SSSR count). The molecule has 1 N–H and O–H groups in total. The number of methoxy groups -OCH3 is 1. The summed E-state index contributed by atoms with van der Waals surface area (Å²) in [6.07, 6.45) is -4.43. The van der Waals surface area contributed by atoms with Gasteiger partial charge in [-0.2, -0.15) is 13.2 Å². The van der Waals surface area contributed by atoms with Gasteiger partial charge < -0.3 is 10.1 Å². The minimum Gasteiger partial charge on any atom is -0.494 e. The van der Waals surface area contributed by atoms with Crippen LogP contribution in [0, 0.1) is 5.82 Å². The van der Waals surface area contributed by atoms with Crippen LogP contribution >= 0.6 is 0 Å². The van der Waals surface area contributed by atoms with Gasteiger partial charge >= 0.3 is 6.18 Å². The Morgan fingerprint density at radius 1 is 1.13 bits per heavy atom. The van der Waals surface area contributed by atoms with Gasteiger partial charge in [-0.25, -0.2) is 9.37 Å². The molecule has 0 radical (unpaired) electrons. The Balaban J connectivity index is 2.51. The highest BCUT2D eigenvalue weighted by molar-refractivity contribution is 5.66. The quantitative estimate of drug-likeness (QED) is 0.849. The van der Waals surface area contributed by atoms with Crippen molar-refractivity contribution >= 4 is 0 Å². The molecule has 0 saturated carbocycles. The van der Waals surface area contributed by atoms with Crippen LogP contribution in [-0.2, 0) is 0 Å². The maximum absolute atomic E-state index is 13.2. The first-order chi connectivity index (χ1) is 10.9. The molecule has 0 bridgehead atoms. The number of hydrogen-bond donors (Lipinski definition) is 1. The van der Waals surface area contributed by atoms with Crippen molar-refractivity contribution in [1.82, 2.24) is 10.3 Å². The Labute approximate surface area is 131 Å². The number of nitrogens with one attached hydrogen (secondary N) is 1. The maximum atomic E-state index is 13.2. The molecule has 0 aliphatic rings. The van der Waals surface area contributed by atoms with E-state index in [0.29, 0.717) is 11.3 Å². The zero-order chi connectivity index (χ0) is 17.0. The van der Waals surface area contributed by atoms with Crippen molar-refractivity contribution in [3.63, 3.8) is 0 Å². The normalized spacial score (nSPS) is 13.0. The SMILES string of the molecule is CNCC(c1ccc(OC)c(-c2ccc(F)cc2)n1)C(F)(F)F. The van der Waals surface area contributed by atoms with E-state index in [-0.39, 0.29) is 17.9 Å². The van der Waals surface area contributed by atoms with Gasteiger partial charge in [-0.05, 0) is 43.4 Å². The molecule has 2 aromatic rings. The average Bonchev–Trinajstić information content (AvgIpc) is 2.52. The smallest absolute Gasteiger partial charge is 0.398 e. The number of likely N-dealkylation sites (N-methyl/N-ethyl adjacent to an activating group) is 1. The largest absolute Gasteiger partial charge is 0.494 e. The Hall–Kier alpha value is -2.15. The summed E-state index contributed by atoms with van der Waals surface area (Å²) in [7, 11) is 2.85. The number of rotatable bonds is 5. The van der Waals surface area contributed by atoms with Crippen molar-refractivity contribution in [1.29, 1.82) is 0 Å². The molecule has 1 atom stereocenters. The van der Waals surface area contributed by atoms with E-state index in [9.17, 15) is 17.6 Å². The zero-order valence-electron chi connectivity index (χ0n) is 12.6. The molecule has 0 amide bonds. The van der Waals surface area contributed by atoms with Crippen molar-refractivity contribution in [3.8, 4) is 17.0 Å². The summed E-state index contributed by atoms with van der Waals surface area (Å²) in [5.41, 5.74) is 0.609. The first kappa shape index (κ1) is 17.2. The third-order valence-corrected chi connectivity index (χ3v) is 3.38. The molecule has 0 spiro atoms. The molecular formula is C16H16F4N2O. The van der Waals surface area contributed by atoms with E-state index in [4.69, 9.17) is 4.74 Å². The lowest BCUT2D eigenvalue weighted by Crippen LogP contribution is -2.30. The van der Waals surface area contributed by atoms with Gasteiger partial charge in [-0.1, -0.05) is 0 Å². The highest BCUT2D eigenvalue weighted by Gasteiger charge is 2.41. The number of alkyl halides is 3. The summed E-state index contributed by atoms with van der Waals surface area (Å²) >= 11 is 0. The van der Waals surface area contributed by atoms with Gasteiger partial charge in [0.15, 0.2) is 0 Å². The molecule has 23 heavy (non-hydrogen) atoms. The van der Waals surface area contributed by atoms with Crippen molar-refractivity contribution < 1.29 is 22.3 Å². The van der Waals surface area contributed by atoms with Crippen LogP contribution in [0.5, 0.6) is 5.75 Å². The topological polar surface area (TPSA) is 34.1 Å². The predicted octanol–water partition coefficient (Wildman–Crippen LogP) is 3.76. The van der Waals surface area contributed by atoms with Crippen LogP contribution < -0.4 is 10.1 Å². The Morgan fingerprint density at radius 2 is 1.78 bits per heavy atom. The van der Waals surface area contributed by atoms with Gasteiger partial charge in [0.25, 0.3) is 0 Å². The molecule has 1 unspecified atom stereocenters. The molecule has 0 aliphatic carbocycles. The van der Waals surface area contributed by atoms with Crippen LogP contribution in [0.25, 0.3) is 11.3 Å². The van der Waals surface area contributed by atoms with Crippen LogP contribution in [-0.4, -0.2) is 31.9 Å². The molecule has 3 nitrogen and oxygen atoms in total. The van der Waals surface area contributed by atoms with E-state index in [1.807, 2.05) is 0 Å². The number of pyridine rings is 1. The fraction of sp³-hybridized carbons (Fsp3) is 0.312. The van der Waals surface area contributed by atoms with Crippen LogP contribution in [0.3, 0.4) is 0 Å². The van der Waals surface area contributed by atoms with Gasteiger partial charge in [0.1, 0.15) is 23.2 Å². The third-order valence-electron chi connectivity index (χ3n) is 3.38. The van der Waals surface area contributed by atoms with E-state index >= 15 is 0 Å². The second-order valence-electron chi connectivity index (χ2n) is 4.95. The summed E-state index contributed by atoms with van der Waals surface area (Å²) in [5.74, 6) is -1.85. The minimum absolute atomic E-state index is 0.119. The molecular weight excluding hydrogens is 312 g/mol. The standard InChI is InChI=1S/C16H16F4N2O/c1-21-9-12(16(18,19)20)13-7-8-14(23-2)15(22-13)10-3-5-11(17)6-4-10/h3-8,12,21H,9H2,1-2H3. The van der Waals surface area contributed by atoms with Crippen molar-refractivity contribution in [3.05, 3.63) is 47.9 Å². The number of halogens is 4.